The van der Waals surface area contributed by atoms with Crippen molar-refractivity contribution < 1.29 is 27.2 Å². The number of rotatable bonds is 5. The lowest BCUT2D eigenvalue weighted by Gasteiger charge is -2.09. The van der Waals surface area contributed by atoms with E-state index < -0.39 is 12.1 Å². The fourth-order valence-corrected chi connectivity index (χ4v) is 2.38. The van der Waals surface area contributed by atoms with Gasteiger partial charge in [0.05, 0.1) is 0 Å². The zero-order valence-corrected chi connectivity index (χ0v) is 14.6. The van der Waals surface area contributed by atoms with Gasteiger partial charge >= 0.3 is 12.1 Å². The van der Waals surface area contributed by atoms with Gasteiger partial charge in [0, 0.05) is 16.1 Å². The Morgan fingerprint density at radius 1 is 1.19 bits per heavy atom. The van der Waals surface area contributed by atoms with Crippen LogP contribution in [-0.2, 0) is 6.18 Å². The van der Waals surface area contributed by atoms with Gasteiger partial charge in [-0.05, 0) is 24.6 Å². The number of Topliss-reactive ketones (excluding diaryl/α,β-unsaturated/α-hetero) is 1. The zero-order valence-electron chi connectivity index (χ0n) is 13.9. The zero-order chi connectivity index (χ0) is 19.6. The topological polar surface area (TPSA) is 65.2 Å². The summed E-state index contributed by atoms with van der Waals surface area (Å²) < 4.78 is 47.2. The number of carbonyl (C=O) groups excluding carboxylic acids is 1. The molecule has 2 aromatic carbocycles. The van der Waals surface area contributed by atoms with Crippen molar-refractivity contribution in [1.29, 1.82) is 0 Å². The Morgan fingerprint density at radius 3 is 2.52 bits per heavy atom. The quantitative estimate of drug-likeness (QED) is 0.569. The second-order valence-electron chi connectivity index (χ2n) is 5.62. The highest BCUT2D eigenvalue weighted by Crippen LogP contribution is 2.29. The fraction of sp³-hybridized carbons (Fsp3) is 0.167. The summed E-state index contributed by atoms with van der Waals surface area (Å²) in [5.41, 5.74) is 1.45. The fourth-order valence-electron chi connectivity index (χ4n) is 2.22. The highest BCUT2D eigenvalue weighted by molar-refractivity contribution is 6.30. The normalized spacial score (nSPS) is 11.4. The minimum Gasteiger partial charge on any atom is -0.485 e. The summed E-state index contributed by atoms with van der Waals surface area (Å²) in [6, 6.07) is 10.9. The van der Waals surface area contributed by atoms with Crippen molar-refractivity contribution in [3.8, 4) is 17.1 Å². The maximum absolute atomic E-state index is 12.5. The van der Waals surface area contributed by atoms with E-state index in [-0.39, 0.29) is 23.8 Å². The van der Waals surface area contributed by atoms with Crippen molar-refractivity contribution in [1.82, 2.24) is 10.1 Å². The molecule has 1 aromatic heterocycles. The number of aryl methyl sites for hydroxylation is 1. The average Bonchev–Trinajstić information content (AvgIpc) is 3.13. The molecule has 27 heavy (non-hydrogen) atoms. The van der Waals surface area contributed by atoms with E-state index >= 15 is 0 Å². The van der Waals surface area contributed by atoms with Crippen LogP contribution in [0.5, 0.6) is 5.75 Å². The van der Waals surface area contributed by atoms with Gasteiger partial charge < -0.3 is 9.26 Å². The lowest BCUT2D eigenvalue weighted by molar-refractivity contribution is -0.159. The molecule has 9 heteroatoms. The molecule has 140 valence electrons. The van der Waals surface area contributed by atoms with Crippen LogP contribution in [0.4, 0.5) is 13.2 Å². The largest absolute Gasteiger partial charge is 0.485 e. The Morgan fingerprint density at radius 2 is 1.89 bits per heavy atom. The van der Waals surface area contributed by atoms with Crippen molar-refractivity contribution in [2.75, 3.05) is 6.61 Å². The van der Waals surface area contributed by atoms with Gasteiger partial charge in [-0.15, -0.1) is 0 Å². The maximum Gasteiger partial charge on any atom is 0.471 e. The van der Waals surface area contributed by atoms with Gasteiger partial charge in [0.1, 0.15) is 5.75 Å². The van der Waals surface area contributed by atoms with Gasteiger partial charge in [-0.2, -0.15) is 18.2 Å². The third-order valence-corrected chi connectivity index (χ3v) is 3.88. The molecule has 0 fully saturated rings. The van der Waals surface area contributed by atoms with Crippen molar-refractivity contribution in [2.24, 2.45) is 0 Å². The lowest BCUT2D eigenvalue weighted by Crippen LogP contribution is -2.12. The average molecular weight is 397 g/mol. The third kappa shape index (κ3) is 4.46. The van der Waals surface area contributed by atoms with Crippen LogP contribution < -0.4 is 4.74 Å². The SMILES string of the molecule is Cc1ccc(Cl)cc1OCC(=O)c1ccc(-c2noc(C(F)(F)F)n2)cc1. The third-order valence-electron chi connectivity index (χ3n) is 3.64. The predicted molar refractivity (Wildman–Crippen MR) is 90.8 cm³/mol. The maximum atomic E-state index is 12.5. The number of aromatic nitrogens is 2. The van der Waals surface area contributed by atoms with Gasteiger partial charge in [-0.3, -0.25) is 4.79 Å². The van der Waals surface area contributed by atoms with Crippen LogP contribution in [-0.4, -0.2) is 22.5 Å². The van der Waals surface area contributed by atoms with E-state index in [4.69, 9.17) is 16.3 Å². The molecule has 0 aliphatic heterocycles. The number of hydrogen-bond acceptors (Lipinski definition) is 5. The first-order chi connectivity index (χ1) is 12.7. The van der Waals surface area contributed by atoms with Gasteiger partial charge in [0.15, 0.2) is 12.4 Å². The van der Waals surface area contributed by atoms with Crippen LogP contribution in [0, 0.1) is 6.92 Å². The van der Waals surface area contributed by atoms with Crippen LogP contribution in [0.15, 0.2) is 47.0 Å². The number of carbonyl (C=O) groups is 1. The Bertz CT molecular complexity index is 969. The monoisotopic (exact) mass is 396 g/mol. The summed E-state index contributed by atoms with van der Waals surface area (Å²) in [5.74, 6) is -1.45. The van der Waals surface area contributed by atoms with Gasteiger partial charge in [0.2, 0.25) is 5.82 Å². The number of halogens is 4. The summed E-state index contributed by atoms with van der Waals surface area (Å²) in [4.78, 5) is 15.5. The molecule has 0 bridgehead atoms. The summed E-state index contributed by atoms with van der Waals surface area (Å²) in [5, 5.41) is 3.78. The molecular formula is C18H12ClF3N2O3. The molecule has 0 amide bonds. The lowest BCUT2D eigenvalue weighted by atomic mass is 10.1. The molecule has 0 aliphatic rings. The van der Waals surface area contributed by atoms with Crippen molar-refractivity contribution in [2.45, 2.75) is 13.1 Å². The minimum atomic E-state index is -4.71. The molecule has 5 nitrogen and oxygen atoms in total. The van der Waals surface area contributed by atoms with Gasteiger partial charge in [-0.1, -0.05) is 47.1 Å². The van der Waals surface area contributed by atoms with Crippen LogP contribution in [0.3, 0.4) is 0 Å². The van der Waals surface area contributed by atoms with Crippen LogP contribution >= 0.6 is 11.6 Å². The van der Waals surface area contributed by atoms with E-state index in [0.717, 1.165) is 5.56 Å². The molecule has 0 N–H and O–H groups in total. The molecule has 1 heterocycles. The van der Waals surface area contributed by atoms with E-state index in [2.05, 4.69) is 14.7 Å². The molecule has 0 saturated carbocycles. The van der Waals surface area contributed by atoms with Crippen molar-refractivity contribution in [3.05, 3.63) is 64.5 Å². The van der Waals surface area contributed by atoms with E-state index in [1.807, 2.05) is 6.92 Å². The number of nitrogens with zero attached hydrogens (tertiary/aromatic N) is 2. The van der Waals surface area contributed by atoms with E-state index in [9.17, 15) is 18.0 Å². The van der Waals surface area contributed by atoms with E-state index in [1.165, 1.54) is 24.3 Å². The Hall–Kier alpha value is -2.87. The summed E-state index contributed by atoms with van der Waals surface area (Å²) in [6.07, 6.45) is -4.71. The minimum absolute atomic E-state index is 0.207. The van der Waals surface area contributed by atoms with Crippen molar-refractivity contribution in [3.63, 3.8) is 0 Å². The second kappa shape index (κ2) is 7.40. The molecule has 0 spiro atoms. The number of ether oxygens (including phenoxy) is 1. The molecule has 3 aromatic rings. The molecule has 0 atom stereocenters. The van der Waals surface area contributed by atoms with Crippen LogP contribution in [0.1, 0.15) is 21.8 Å². The second-order valence-corrected chi connectivity index (χ2v) is 6.06. The highest BCUT2D eigenvalue weighted by Gasteiger charge is 2.38. The highest BCUT2D eigenvalue weighted by atomic mass is 35.5. The number of hydrogen-bond donors (Lipinski definition) is 0. The molecular weight excluding hydrogens is 385 g/mol. The van der Waals surface area contributed by atoms with Crippen LogP contribution in [0.25, 0.3) is 11.4 Å². The Balaban J connectivity index is 1.68. The first-order valence-corrected chi connectivity index (χ1v) is 8.05. The molecule has 0 aliphatic carbocycles. The molecule has 0 unspecified atom stereocenters. The van der Waals surface area contributed by atoms with Crippen LogP contribution in [0.2, 0.25) is 5.02 Å². The molecule has 3 rings (SSSR count). The number of alkyl halides is 3. The van der Waals surface area contributed by atoms with E-state index in [0.29, 0.717) is 16.3 Å². The standard InChI is InChI=1S/C18H12ClF3N2O3/c1-10-2-7-13(19)8-15(10)26-9-14(25)11-3-5-12(6-4-11)16-23-17(27-24-16)18(20,21)22/h2-8H,9H2,1H3. The Labute approximate surface area is 156 Å². The molecule has 0 radical (unpaired) electrons. The smallest absolute Gasteiger partial charge is 0.471 e. The summed E-state index contributed by atoms with van der Waals surface area (Å²) in [7, 11) is 0. The van der Waals surface area contributed by atoms with E-state index in [1.54, 1.807) is 18.2 Å². The molecule has 0 saturated heterocycles. The summed E-state index contributed by atoms with van der Waals surface area (Å²) in [6.45, 7) is 1.62. The van der Waals surface area contributed by atoms with Gasteiger partial charge in [-0.25, -0.2) is 0 Å². The predicted octanol–water partition coefficient (Wildman–Crippen LogP) is 4.98. The first kappa shape index (κ1) is 18.9. The first-order valence-electron chi connectivity index (χ1n) is 7.67. The Kier molecular flexibility index (Phi) is 5.18. The van der Waals surface area contributed by atoms with Gasteiger partial charge in [0.25, 0.3) is 0 Å². The number of ketones is 1. The van der Waals surface area contributed by atoms with Crippen molar-refractivity contribution >= 4 is 17.4 Å². The number of benzene rings is 2. The summed E-state index contributed by atoms with van der Waals surface area (Å²) >= 11 is 5.90.